The van der Waals surface area contributed by atoms with Crippen molar-refractivity contribution in [1.29, 1.82) is 0 Å². The van der Waals surface area contributed by atoms with Crippen LogP contribution < -0.4 is 11.2 Å². The van der Waals surface area contributed by atoms with Crippen molar-refractivity contribution >= 4 is 17.1 Å². The van der Waals surface area contributed by atoms with Crippen molar-refractivity contribution in [3.8, 4) is 11.4 Å². The summed E-state index contributed by atoms with van der Waals surface area (Å²) >= 11 is 0. The van der Waals surface area contributed by atoms with Gasteiger partial charge in [0, 0.05) is 38.9 Å². The van der Waals surface area contributed by atoms with Gasteiger partial charge in [0.05, 0.1) is 31.5 Å². The molecule has 3 heterocycles. The van der Waals surface area contributed by atoms with E-state index in [0.29, 0.717) is 24.2 Å². The molecule has 14 heteroatoms. The molecule has 1 aromatic carbocycles. The number of benzene rings is 1. The largest absolute Gasteiger partial charge is 0.442 e. The number of rotatable bonds is 14. The number of carbonyl (C=O) groups is 1. The van der Waals surface area contributed by atoms with Gasteiger partial charge < -0.3 is 14.2 Å². The van der Waals surface area contributed by atoms with E-state index in [2.05, 4.69) is 10.1 Å². The number of esters is 1. The van der Waals surface area contributed by atoms with Crippen molar-refractivity contribution in [3.05, 3.63) is 68.6 Å². The van der Waals surface area contributed by atoms with Gasteiger partial charge in [-0.15, -0.1) is 0 Å². The van der Waals surface area contributed by atoms with Crippen LogP contribution in [0.2, 0.25) is 0 Å². The van der Waals surface area contributed by atoms with Crippen LogP contribution in [0.5, 0.6) is 0 Å². The van der Waals surface area contributed by atoms with Gasteiger partial charge in [-0.25, -0.2) is 23.4 Å². The highest BCUT2D eigenvalue weighted by Gasteiger charge is 2.25. The fraction of sp³-hybridized carbons (Fsp3) is 0.464. The van der Waals surface area contributed by atoms with Gasteiger partial charge in [0.25, 0.3) is 11.5 Å². The van der Waals surface area contributed by atoms with Gasteiger partial charge in [-0.2, -0.15) is 5.10 Å². The minimum atomic E-state index is -2.98. The predicted octanol–water partition coefficient (Wildman–Crippen LogP) is 2.98. The minimum absolute atomic E-state index is 0.0960. The molecule has 0 unspecified atom stereocenters. The zero-order valence-corrected chi connectivity index (χ0v) is 24.0. The minimum Gasteiger partial charge on any atom is -0.442 e. The van der Waals surface area contributed by atoms with Crippen molar-refractivity contribution < 1.29 is 27.8 Å². The van der Waals surface area contributed by atoms with Crippen LogP contribution in [0.15, 0.2) is 46.2 Å². The fourth-order valence-electron chi connectivity index (χ4n) is 4.51. The maximum Gasteiger partial charge on any atom is 0.333 e. The number of aryl methyl sites for hydroxylation is 1. The number of aromatic nitrogens is 6. The third-order valence-electron chi connectivity index (χ3n) is 6.55. The topological polar surface area (TPSA) is 124 Å². The number of hydrogen-bond acceptors (Lipinski definition) is 8. The molecular weight excluding hydrogens is 554 g/mol. The Morgan fingerprint density at radius 2 is 1.88 bits per heavy atom. The van der Waals surface area contributed by atoms with Crippen LogP contribution in [0.3, 0.4) is 0 Å². The molecule has 0 saturated heterocycles. The molecule has 226 valence electrons. The summed E-state index contributed by atoms with van der Waals surface area (Å²) in [5.41, 5.74) is 0.167. The first kappa shape index (κ1) is 30.8. The predicted molar refractivity (Wildman–Crippen MR) is 149 cm³/mol. The molecular formula is C28H34F2N6O6. The van der Waals surface area contributed by atoms with Gasteiger partial charge >= 0.3 is 11.7 Å². The van der Waals surface area contributed by atoms with Crippen molar-refractivity contribution in [3.63, 3.8) is 0 Å². The number of alkyl halides is 2. The van der Waals surface area contributed by atoms with E-state index in [9.17, 15) is 23.2 Å². The Bertz CT molecular complexity index is 1670. The van der Waals surface area contributed by atoms with E-state index in [1.165, 1.54) is 34.6 Å². The monoisotopic (exact) mass is 588 g/mol. The Balaban J connectivity index is 1.75. The van der Waals surface area contributed by atoms with Gasteiger partial charge in [0.1, 0.15) is 12.4 Å². The number of carbonyl (C=O) groups excluding carboxylic acids is 1. The summed E-state index contributed by atoms with van der Waals surface area (Å²) in [6, 6.07) is 6.06. The second-order valence-electron chi connectivity index (χ2n) is 9.73. The molecule has 3 aromatic heterocycles. The zero-order chi connectivity index (χ0) is 30.4. The average molecular weight is 589 g/mol. The number of halogens is 2. The third-order valence-corrected chi connectivity index (χ3v) is 6.55. The molecule has 0 aliphatic heterocycles. The fourth-order valence-corrected chi connectivity index (χ4v) is 4.51. The summed E-state index contributed by atoms with van der Waals surface area (Å²) in [7, 11) is 1.51. The van der Waals surface area contributed by atoms with E-state index in [4.69, 9.17) is 14.2 Å². The molecule has 42 heavy (non-hydrogen) atoms. The Labute approximate surface area is 240 Å². The molecule has 0 bridgehead atoms. The lowest BCUT2D eigenvalue weighted by atomic mass is 10.1. The summed E-state index contributed by atoms with van der Waals surface area (Å²) in [4.78, 5) is 43.7. The molecule has 0 fully saturated rings. The first-order valence-corrected chi connectivity index (χ1v) is 13.5. The second-order valence-corrected chi connectivity index (χ2v) is 9.73. The van der Waals surface area contributed by atoms with Crippen molar-refractivity contribution in [1.82, 2.24) is 28.5 Å². The molecule has 0 spiro atoms. The number of methoxy groups -OCH3 is 1. The van der Waals surface area contributed by atoms with Crippen LogP contribution in [-0.2, 0) is 51.3 Å². The molecule has 0 radical (unpaired) electrons. The lowest BCUT2D eigenvalue weighted by Crippen LogP contribution is -2.40. The average Bonchev–Trinajstić information content (AvgIpc) is 3.57. The Morgan fingerprint density at radius 3 is 2.57 bits per heavy atom. The quantitative estimate of drug-likeness (QED) is 0.163. The highest BCUT2D eigenvalue weighted by Crippen LogP contribution is 2.28. The molecule has 0 atom stereocenters. The van der Waals surface area contributed by atoms with Crippen LogP contribution in [0.1, 0.15) is 38.3 Å². The van der Waals surface area contributed by atoms with E-state index in [1.807, 2.05) is 6.92 Å². The zero-order valence-electron chi connectivity index (χ0n) is 24.0. The number of imidazole rings is 1. The van der Waals surface area contributed by atoms with Crippen molar-refractivity contribution in [2.24, 2.45) is 0 Å². The highest BCUT2D eigenvalue weighted by molar-refractivity contribution is 5.77. The smallest absolute Gasteiger partial charge is 0.333 e. The van der Waals surface area contributed by atoms with Crippen LogP contribution >= 0.6 is 0 Å². The Hall–Kier alpha value is -4.17. The van der Waals surface area contributed by atoms with E-state index >= 15 is 0 Å². The number of fused-ring (bicyclic) bond motifs is 1. The molecule has 0 aliphatic carbocycles. The first-order valence-electron chi connectivity index (χ1n) is 13.5. The Morgan fingerprint density at radius 1 is 1.10 bits per heavy atom. The molecule has 0 saturated carbocycles. The molecule has 0 amide bonds. The van der Waals surface area contributed by atoms with Crippen molar-refractivity contribution in [2.45, 2.75) is 59.5 Å². The van der Waals surface area contributed by atoms with Crippen LogP contribution in [-0.4, -0.2) is 61.4 Å². The SMILES string of the molecule is CCCn1c(=O)c2c(nc(-c3cnn(Cc4cccc(C(C)(F)F)c4)c3)n2COC(=O)COCCOC)n(CC)c1=O. The number of hydrogen-bond donors (Lipinski definition) is 0. The second kappa shape index (κ2) is 13.2. The summed E-state index contributed by atoms with van der Waals surface area (Å²) in [5, 5.41) is 4.36. The summed E-state index contributed by atoms with van der Waals surface area (Å²) in [6.45, 7) is 4.93. The van der Waals surface area contributed by atoms with Gasteiger partial charge in [-0.05, 0) is 25.0 Å². The van der Waals surface area contributed by atoms with Crippen LogP contribution in [0, 0.1) is 0 Å². The van der Waals surface area contributed by atoms with E-state index in [0.717, 1.165) is 11.5 Å². The highest BCUT2D eigenvalue weighted by atomic mass is 19.3. The van der Waals surface area contributed by atoms with Crippen molar-refractivity contribution in [2.75, 3.05) is 26.9 Å². The molecule has 4 aromatic rings. The summed E-state index contributed by atoms with van der Waals surface area (Å²) < 4.78 is 48.7. The van der Waals surface area contributed by atoms with Gasteiger partial charge in [-0.3, -0.25) is 23.2 Å². The molecule has 0 N–H and O–H groups in total. The normalized spacial score (nSPS) is 11.9. The molecule has 0 aliphatic rings. The maximum absolute atomic E-state index is 13.8. The number of nitrogens with zero attached hydrogens (tertiary/aromatic N) is 6. The van der Waals surface area contributed by atoms with E-state index < -0.39 is 23.1 Å². The van der Waals surface area contributed by atoms with Gasteiger partial charge in [-0.1, -0.05) is 25.1 Å². The number of ether oxygens (including phenoxy) is 3. The van der Waals surface area contributed by atoms with Gasteiger partial charge in [0.2, 0.25) is 0 Å². The van der Waals surface area contributed by atoms with E-state index in [-0.39, 0.29) is 62.1 Å². The lowest BCUT2D eigenvalue weighted by molar-refractivity contribution is -0.153. The van der Waals surface area contributed by atoms with Gasteiger partial charge in [0.15, 0.2) is 17.9 Å². The van der Waals surface area contributed by atoms with E-state index in [1.54, 1.807) is 29.9 Å². The molecule has 12 nitrogen and oxygen atoms in total. The standard InChI is InChI=1S/C28H34F2N6O6/c1-5-10-35-26(38)23-25(34(6-2)27(35)39)32-24(36(23)18-42-22(37)17-41-12-11-40-4)20-14-31-33(16-20)15-19-8-7-9-21(13-19)28(3,29)30/h7-9,13-14,16H,5-6,10-12,15,17-18H2,1-4H3. The Kier molecular flexibility index (Phi) is 9.68. The van der Waals surface area contributed by atoms with Crippen LogP contribution in [0.4, 0.5) is 8.78 Å². The summed E-state index contributed by atoms with van der Waals surface area (Å²) in [5.74, 6) is -3.41. The molecule has 4 rings (SSSR count). The first-order chi connectivity index (χ1) is 20.1. The van der Waals surface area contributed by atoms with Crippen LogP contribution in [0.25, 0.3) is 22.6 Å². The lowest BCUT2D eigenvalue weighted by Gasteiger charge is -2.12. The summed E-state index contributed by atoms with van der Waals surface area (Å²) in [6.07, 6.45) is 3.70. The third kappa shape index (κ3) is 6.65. The maximum atomic E-state index is 13.8.